The summed E-state index contributed by atoms with van der Waals surface area (Å²) >= 11 is 0. The number of phenols is 1. The topological polar surface area (TPSA) is 93.8 Å². The van der Waals surface area contributed by atoms with E-state index in [0.717, 1.165) is 5.56 Å². The zero-order chi connectivity index (χ0) is 17.4. The predicted molar refractivity (Wildman–Crippen MR) is 92.3 cm³/mol. The first-order valence-electron chi connectivity index (χ1n) is 7.73. The molecule has 0 aromatic heterocycles. The maximum absolute atomic E-state index is 11.5. The standard InChI is InChI=1S/C16H26N2O4Si/c1-16(2,3)23(4,5)22-12(8-17)10-6-7-11(19)14-15(10)21-9-13(20)18-14/h6-7,12,19H,8-9,17H2,1-5H3,(H,18,20)/q-1. The molecule has 0 spiro atoms. The Morgan fingerprint density at radius 3 is 2.65 bits per heavy atom. The lowest BCUT2D eigenvalue weighted by atomic mass is 10.1. The molecule has 0 saturated carbocycles. The number of fused-ring (bicyclic) bond motifs is 1. The minimum atomic E-state index is -2.03. The second-order valence-electron chi connectivity index (χ2n) is 7.32. The number of nitrogens with two attached hydrogens (primary N) is 1. The van der Waals surface area contributed by atoms with Crippen LogP contribution in [0.2, 0.25) is 18.1 Å². The molecule has 1 amide bonds. The van der Waals surface area contributed by atoms with E-state index in [-0.39, 0.29) is 35.1 Å². The van der Waals surface area contributed by atoms with Crippen LogP contribution in [0.5, 0.6) is 11.5 Å². The summed E-state index contributed by atoms with van der Waals surface area (Å²) in [5.74, 6) is 0.123. The molecule has 0 radical (unpaired) electrons. The second-order valence-corrected chi connectivity index (χ2v) is 12.1. The highest BCUT2D eigenvalue weighted by Crippen LogP contribution is 2.45. The minimum absolute atomic E-state index is 0.0279. The maximum atomic E-state index is 11.5. The van der Waals surface area contributed by atoms with Gasteiger partial charge in [-0.15, -0.1) is 18.1 Å². The average molecular weight is 338 g/mol. The number of phenolic OH excluding ortho intramolecular Hbond substituents is 1. The lowest BCUT2D eigenvalue weighted by molar-refractivity contribution is -0.118. The average Bonchev–Trinajstić information content (AvgIpc) is 2.45. The van der Waals surface area contributed by atoms with Crippen LogP contribution in [0, 0.1) is 0 Å². The van der Waals surface area contributed by atoms with Gasteiger partial charge in [-0.3, -0.25) is 4.79 Å². The van der Waals surface area contributed by atoms with Crippen molar-refractivity contribution in [1.29, 1.82) is 0 Å². The first kappa shape index (κ1) is 17.8. The van der Waals surface area contributed by atoms with Gasteiger partial charge in [0, 0.05) is 12.1 Å². The van der Waals surface area contributed by atoms with E-state index in [1.165, 1.54) is 6.07 Å². The number of ether oxygens (including phenoxy) is 1. The summed E-state index contributed by atoms with van der Waals surface area (Å²) in [6.07, 6.45) is -0.347. The number of hydrogen-bond acceptors (Lipinski definition) is 5. The summed E-state index contributed by atoms with van der Waals surface area (Å²) in [5, 5.41) is 12.6. The Morgan fingerprint density at radius 2 is 2.09 bits per heavy atom. The molecular formula is C16H26N2O4Si-. The van der Waals surface area contributed by atoms with Gasteiger partial charge in [-0.1, -0.05) is 20.8 Å². The van der Waals surface area contributed by atoms with E-state index in [2.05, 4.69) is 39.2 Å². The molecule has 23 heavy (non-hydrogen) atoms. The van der Waals surface area contributed by atoms with Gasteiger partial charge in [0.05, 0.1) is 6.10 Å². The number of anilines is 1. The van der Waals surface area contributed by atoms with Gasteiger partial charge in [0.2, 0.25) is 0 Å². The summed E-state index contributed by atoms with van der Waals surface area (Å²) in [6, 6.07) is 3.27. The van der Waals surface area contributed by atoms with Crippen molar-refractivity contribution in [3.05, 3.63) is 17.7 Å². The molecule has 0 saturated heterocycles. The lowest BCUT2D eigenvalue weighted by Gasteiger charge is -2.51. The van der Waals surface area contributed by atoms with Gasteiger partial charge < -0.3 is 25.3 Å². The Kier molecular flexibility index (Phi) is 4.75. The zero-order valence-corrected chi connectivity index (χ0v) is 15.4. The fraction of sp³-hybridized carbons (Fsp3) is 0.562. The van der Waals surface area contributed by atoms with E-state index in [1.54, 1.807) is 6.07 Å². The Hall–Kier alpha value is -1.57. The molecule has 0 aliphatic carbocycles. The van der Waals surface area contributed by atoms with E-state index < -0.39 is 8.32 Å². The van der Waals surface area contributed by atoms with Crippen molar-refractivity contribution in [2.24, 2.45) is 5.73 Å². The molecule has 1 aliphatic rings. The van der Waals surface area contributed by atoms with Crippen LogP contribution in [0.4, 0.5) is 5.69 Å². The second kappa shape index (κ2) is 6.14. The number of aromatic hydroxyl groups is 1. The van der Waals surface area contributed by atoms with E-state index >= 15 is 0 Å². The van der Waals surface area contributed by atoms with Crippen molar-refractivity contribution in [2.45, 2.75) is 45.0 Å². The summed E-state index contributed by atoms with van der Waals surface area (Å²) < 4.78 is 11.9. The van der Waals surface area contributed by atoms with Crippen LogP contribution in [0.3, 0.4) is 0 Å². The zero-order valence-electron chi connectivity index (χ0n) is 14.4. The van der Waals surface area contributed by atoms with Crippen LogP contribution in [0.25, 0.3) is 0 Å². The third-order valence-corrected chi connectivity index (χ3v) is 9.07. The first-order valence-corrected chi connectivity index (χ1v) is 10.6. The molecule has 1 aromatic rings. The summed E-state index contributed by atoms with van der Waals surface area (Å²) in [4.78, 5) is 11.5. The predicted octanol–water partition coefficient (Wildman–Crippen LogP) is 2.74. The number of benzene rings is 1. The fourth-order valence-corrected chi connectivity index (χ4v) is 3.49. The third kappa shape index (κ3) is 3.51. The van der Waals surface area contributed by atoms with Gasteiger partial charge in [0.1, 0.15) is 11.4 Å². The van der Waals surface area contributed by atoms with Crippen LogP contribution in [0.1, 0.15) is 32.4 Å². The highest BCUT2D eigenvalue weighted by molar-refractivity contribution is 6.74. The molecule has 1 heterocycles. The molecule has 0 bridgehead atoms. The van der Waals surface area contributed by atoms with Gasteiger partial charge in [0.15, 0.2) is 12.4 Å². The van der Waals surface area contributed by atoms with Crippen molar-refractivity contribution in [3.63, 3.8) is 0 Å². The number of hydrogen-bond donors (Lipinski definition) is 3. The summed E-state index contributed by atoms with van der Waals surface area (Å²) in [7, 11) is -2.03. The molecule has 1 aliphatic heterocycles. The summed E-state index contributed by atoms with van der Waals surface area (Å²) in [6.45, 7) is 11.0. The molecule has 0 fully saturated rings. The van der Waals surface area contributed by atoms with Crippen LogP contribution < -0.4 is 15.8 Å². The van der Waals surface area contributed by atoms with Gasteiger partial charge in [-0.25, -0.2) is 0 Å². The van der Waals surface area contributed by atoms with E-state index in [0.29, 0.717) is 12.3 Å². The van der Waals surface area contributed by atoms with Gasteiger partial charge in [-0.2, -0.15) is 0 Å². The maximum Gasteiger partial charge on any atom is 0.262 e. The number of carbonyl (C=O) groups is 1. The number of rotatable bonds is 4. The van der Waals surface area contributed by atoms with Crippen LogP contribution >= 0.6 is 0 Å². The molecule has 2 rings (SSSR count). The van der Waals surface area contributed by atoms with Crippen molar-refractivity contribution < 1.29 is 19.1 Å². The fourth-order valence-electron chi connectivity index (χ4n) is 2.20. The molecule has 6 nitrogen and oxygen atoms in total. The van der Waals surface area contributed by atoms with Crippen LogP contribution in [-0.2, 0) is 9.22 Å². The molecule has 1 unspecified atom stereocenters. The molecule has 4 N–H and O–H groups in total. The van der Waals surface area contributed by atoms with Crippen molar-refractivity contribution in [3.8, 4) is 11.5 Å². The molecular weight excluding hydrogens is 312 g/mol. The van der Waals surface area contributed by atoms with Gasteiger partial charge >= 0.3 is 0 Å². The van der Waals surface area contributed by atoms with Crippen molar-refractivity contribution in [2.75, 3.05) is 18.5 Å². The van der Waals surface area contributed by atoms with E-state index in [4.69, 9.17) is 14.9 Å². The van der Waals surface area contributed by atoms with Crippen LogP contribution in [0.15, 0.2) is 12.1 Å². The van der Waals surface area contributed by atoms with E-state index in [9.17, 15) is 9.90 Å². The van der Waals surface area contributed by atoms with Gasteiger partial charge in [-0.05, 0) is 20.5 Å². The third-order valence-electron chi connectivity index (χ3n) is 4.58. The quantitative estimate of drug-likeness (QED) is 0.580. The lowest BCUT2D eigenvalue weighted by Crippen LogP contribution is -2.43. The molecule has 129 valence electrons. The normalized spacial score (nSPS) is 16.3. The highest BCUT2D eigenvalue weighted by Gasteiger charge is 2.31. The Balaban J connectivity index is 2.40. The Labute approximate surface area is 138 Å². The molecule has 1 aromatic carbocycles. The number of carbonyl (C=O) groups excluding carboxylic acids is 1. The summed E-state index contributed by atoms with van der Waals surface area (Å²) in [5.41, 5.74) is 6.99. The Bertz CT molecular complexity index is 611. The number of nitrogens with one attached hydrogen (secondary N) is 1. The highest BCUT2D eigenvalue weighted by atomic mass is 28.4. The Morgan fingerprint density at radius 1 is 1.43 bits per heavy atom. The van der Waals surface area contributed by atoms with Crippen LogP contribution in [-0.4, -0.2) is 32.5 Å². The molecule has 7 heteroatoms. The number of amides is 1. The minimum Gasteiger partial charge on any atom is -0.558 e. The smallest absolute Gasteiger partial charge is 0.262 e. The monoisotopic (exact) mass is 338 g/mol. The van der Waals surface area contributed by atoms with Crippen molar-refractivity contribution >= 4 is 19.9 Å². The SMILES string of the molecule is CC(C)(C)[Si-](C)(C)OC(CN)c1ccc(O)c2c1OCC(=O)N2. The van der Waals surface area contributed by atoms with E-state index in [1.807, 2.05) is 0 Å². The molecule has 1 atom stereocenters. The first-order chi connectivity index (χ1) is 10.6. The van der Waals surface area contributed by atoms with Crippen molar-refractivity contribution in [1.82, 2.24) is 0 Å². The van der Waals surface area contributed by atoms with Gasteiger partial charge in [0.25, 0.3) is 5.91 Å². The largest absolute Gasteiger partial charge is 0.558 e.